The lowest BCUT2D eigenvalue weighted by molar-refractivity contribution is -0.122. The van der Waals surface area contributed by atoms with Crippen LogP contribution in [0, 0.1) is 0 Å². The second kappa shape index (κ2) is 9.41. The molecule has 0 aliphatic heterocycles. The second-order valence-electron chi connectivity index (χ2n) is 5.68. The summed E-state index contributed by atoms with van der Waals surface area (Å²) in [6.07, 6.45) is 0. The zero-order chi connectivity index (χ0) is 20.0. The van der Waals surface area contributed by atoms with E-state index in [0.29, 0.717) is 17.4 Å². The molecule has 146 valence electrons. The summed E-state index contributed by atoms with van der Waals surface area (Å²) in [6.45, 7) is 3.85. The number of sulfonamides is 1. The van der Waals surface area contributed by atoms with Crippen LogP contribution in [0.25, 0.3) is 0 Å². The molecular weight excluding hydrogens is 411 g/mol. The molecule has 27 heavy (non-hydrogen) atoms. The Morgan fingerprint density at radius 1 is 1.15 bits per heavy atom. The van der Waals surface area contributed by atoms with Crippen molar-refractivity contribution < 1.29 is 17.9 Å². The highest BCUT2D eigenvalue weighted by molar-refractivity contribution is 7.89. The molecule has 0 fully saturated rings. The topological polar surface area (TPSA) is 84.5 Å². The van der Waals surface area contributed by atoms with Crippen LogP contribution in [0.3, 0.4) is 0 Å². The maximum absolute atomic E-state index is 12.5. The third kappa shape index (κ3) is 5.84. The van der Waals surface area contributed by atoms with Crippen LogP contribution in [-0.4, -0.2) is 27.0 Å². The highest BCUT2D eigenvalue weighted by atomic mass is 35.5. The van der Waals surface area contributed by atoms with Crippen LogP contribution in [0.2, 0.25) is 10.0 Å². The minimum atomic E-state index is -3.93. The van der Waals surface area contributed by atoms with Crippen molar-refractivity contribution in [1.29, 1.82) is 0 Å². The van der Waals surface area contributed by atoms with Crippen LogP contribution in [0.15, 0.2) is 47.4 Å². The van der Waals surface area contributed by atoms with Crippen molar-refractivity contribution in [2.24, 2.45) is 0 Å². The van der Waals surface area contributed by atoms with Crippen LogP contribution >= 0.6 is 23.2 Å². The van der Waals surface area contributed by atoms with Gasteiger partial charge in [0.15, 0.2) is 0 Å². The van der Waals surface area contributed by atoms with Crippen molar-refractivity contribution in [2.45, 2.75) is 31.3 Å². The molecular formula is C18H20Cl2N2O4S. The number of ether oxygens (including phenoxy) is 1. The quantitative estimate of drug-likeness (QED) is 0.671. The lowest BCUT2D eigenvalue weighted by Gasteiger charge is -2.15. The van der Waals surface area contributed by atoms with Crippen molar-refractivity contribution in [3.05, 3.63) is 58.1 Å². The molecule has 0 spiro atoms. The molecule has 0 radical (unpaired) electrons. The molecule has 9 heteroatoms. The van der Waals surface area contributed by atoms with E-state index in [0.717, 1.165) is 5.56 Å². The maximum Gasteiger partial charge on any atom is 0.241 e. The first-order valence-electron chi connectivity index (χ1n) is 8.20. The van der Waals surface area contributed by atoms with Gasteiger partial charge in [-0.1, -0.05) is 41.4 Å². The van der Waals surface area contributed by atoms with Crippen molar-refractivity contribution in [2.75, 3.05) is 6.61 Å². The van der Waals surface area contributed by atoms with Gasteiger partial charge >= 0.3 is 0 Å². The first kappa shape index (κ1) is 21.5. The lowest BCUT2D eigenvalue weighted by Crippen LogP contribution is -2.44. The largest absolute Gasteiger partial charge is 0.492 e. The average molecular weight is 431 g/mol. The van der Waals surface area contributed by atoms with E-state index in [1.807, 2.05) is 0 Å². The Bertz CT molecular complexity index is 919. The molecule has 0 saturated carbocycles. The van der Waals surface area contributed by atoms with Crippen LogP contribution in [0.4, 0.5) is 0 Å². The number of amides is 1. The number of benzene rings is 2. The number of halogens is 2. The number of hydrogen-bond donors (Lipinski definition) is 2. The number of hydrogen-bond acceptors (Lipinski definition) is 4. The molecule has 2 aromatic carbocycles. The SMILES string of the molecule is CCOc1ccc(S(=O)(=O)N[C@H](C)C(=O)NCc2ccccc2Cl)cc1Cl. The van der Waals surface area contributed by atoms with E-state index in [9.17, 15) is 13.2 Å². The number of carbonyl (C=O) groups excluding carboxylic acids is 1. The molecule has 2 aromatic rings. The van der Waals surface area contributed by atoms with Gasteiger partial charge < -0.3 is 10.1 Å². The van der Waals surface area contributed by atoms with Gasteiger partial charge in [-0.25, -0.2) is 8.42 Å². The Morgan fingerprint density at radius 3 is 2.48 bits per heavy atom. The van der Waals surface area contributed by atoms with E-state index >= 15 is 0 Å². The average Bonchev–Trinajstić information content (AvgIpc) is 2.62. The minimum absolute atomic E-state index is 0.0540. The van der Waals surface area contributed by atoms with Gasteiger partial charge in [-0.05, 0) is 43.7 Å². The summed E-state index contributed by atoms with van der Waals surface area (Å²) in [4.78, 5) is 12.2. The van der Waals surface area contributed by atoms with Crippen LogP contribution in [0.5, 0.6) is 5.75 Å². The van der Waals surface area contributed by atoms with Crippen molar-refractivity contribution in [3.8, 4) is 5.75 Å². The molecule has 2 rings (SSSR count). The first-order valence-corrected chi connectivity index (χ1v) is 10.4. The van der Waals surface area contributed by atoms with Gasteiger partial charge in [-0.15, -0.1) is 0 Å². The normalized spacial score (nSPS) is 12.4. The molecule has 0 unspecified atom stereocenters. The highest BCUT2D eigenvalue weighted by Gasteiger charge is 2.23. The maximum atomic E-state index is 12.5. The third-order valence-electron chi connectivity index (χ3n) is 3.65. The molecule has 0 aliphatic carbocycles. The fraction of sp³-hybridized carbons (Fsp3) is 0.278. The number of nitrogens with one attached hydrogen (secondary N) is 2. The Morgan fingerprint density at radius 2 is 1.85 bits per heavy atom. The summed E-state index contributed by atoms with van der Waals surface area (Å²) >= 11 is 12.1. The Hall–Kier alpha value is -1.80. The van der Waals surface area contributed by atoms with Crippen molar-refractivity contribution >= 4 is 39.1 Å². The van der Waals surface area contributed by atoms with Crippen LogP contribution < -0.4 is 14.8 Å². The van der Waals surface area contributed by atoms with Gasteiger partial charge in [0.1, 0.15) is 5.75 Å². The fourth-order valence-corrected chi connectivity index (χ4v) is 3.98. The summed E-state index contributed by atoms with van der Waals surface area (Å²) in [5, 5.41) is 3.35. The predicted molar refractivity (Wildman–Crippen MR) is 106 cm³/mol. The number of carbonyl (C=O) groups is 1. The van der Waals surface area contributed by atoms with Gasteiger partial charge in [0, 0.05) is 11.6 Å². The molecule has 1 atom stereocenters. The van der Waals surface area contributed by atoms with Gasteiger partial charge in [0.2, 0.25) is 15.9 Å². The molecule has 6 nitrogen and oxygen atoms in total. The van der Waals surface area contributed by atoms with E-state index in [1.54, 1.807) is 31.2 Å². The van der Waals surface area contributed by atoms with E-state index < -0.39 is 22.0 Å². The zero-order valence-electron chi connectivity index (χ0n) is 14.8. The highest BCUT2D eigenvalue weighted by Crippen LogP contribution is 2.27. The molecule has 0 bridgehead atoms. The van der Waals surface area contributed by atoms with Gasteiger partial charge in [-0.3, -0.25) is 4.79 Å². The van der Waals surface area contributed by atoms with E-state index in [2.05, 4.69) is 10.0 Å². The van der Waals surface area contributed by atoms with E-state index in [1.165, 1.54) is 25.1 Å². The molecule has 0 heterocycles. The fourth-order valence-electron chi connectivity index (χ4n) is 2.25. The van der Waals surface area contributed by atoms with Crippen molar-refractivity contribution in [3.63, 3.8) is 0 Å². The smallest absolute Gasteiger partial charge is 0.241 e. The molecule has 0 saturated heterocycles. The summed E-state index contributed by atoms with van der Waals surface area (Å²) < 4.78 is 32.6. The van der Waals surface area contributed by atoms with Gasteiger partial charge in [0.25, 0.3) is 0 Å². The molecule has 0 aliphatic rings. The van der Waals surface area contributed by atoms with Crippen LogP contribution in [0.1, 0.15) is 19.4 Å². The Labute approximate surface area is 168 Å². The Balaban J connectivity index is 2.02. The first-order chi connectivity index (χ1) is 12.7. The van der Waals surface area contributed by atoms with Gasteiger partial charge in [0.05, 0.1) is 22.6 Å². The third-order valence-corrected chi connectivity index (χ3v) is 5.85. The summed E-state index contributed by atoms with van der Waals surface area (Å²) in [5.41, 5.74) is 0.737. The second-order valence-corrected chi connectivity index (χ2v) is 8.21. The molecule has 1 amide bonds. The standard InChI is InChI=1S/C18H20Cl2N2O4S/c1-3-26-17-9-8-14(10-16(17)20)27(24,25)22-12(2)18(23)21-11-13-6-4-5-7-15(13)19/h4-10,12,22H,3,11H2,1-2H3,(H,21,23)/t12-/m1/s1. The van der Waals surface area contributed by atoms with Crippen molar-refractivity contribution in [1.82, 2.24) is 10.0 Å². The monoisotopic (exact) mass is 430 g/mol. The van der Waals surface area contributed by atoms with E-state index in [-0.39, 0.29) is 16.5 Å². The molecule has 0 aromatic heterocycles. The summed E-state index contributed by atoms with van der Waals surface area (Å²) in [7, 11) is -3.93. The number of rotatable bonds is 8. The predicted octanol–water partition coefficient (Wildman–Crippen LogP) is 3.38. The zero-order valence-corrected chi connectivity index (χ0v) is 17.2. The van der Waals surface area contributed by atoms with E-state index in [4.69, 9.17) is 27.9 Å². The Kier molecular flexibility index (Phi) is 7.49. The van der Waals surface area contributed by atoms with Gasteiger partial charge in [-0.2, -0.15) is 4.72 Å². The van der Waals surface area contributed by atoms with Crippen LogP contribution in [-0.2, 0) is 21.4 Å². The minimum Gasteiger partial charge on any atom is -0.492 e. The summed E-state index contributed by atoms with van der Waals surface area (Å²) in [5.74, 6) is -0.0841. The summed E-state index contributed by atoms with van der Waals surface area (Å²) in [6, 6.07) is 10.2. The lowest BCUT2D eigenvalue weighted by atomic mass is 10.2. The molecule has 2 N–H and O–H groups in total.